The zero-order valence-corrected chi connectivity index (χ0v) is 12.9. The van der Waals surface area contributed by atoms with Gasteiger partial charge >= 0.3 is 0 Å². The Hall–Kier alpha value is -1.51. The fraction of sp³-hybridized carbons (Fsp3) is 0.467. The molecule has 0 saturated heterocycles. The molecular formula is C15H21N3OS. The second-order valence-corrected chi connectivity index (χ2v) is 5.95. The Morgan fingerprint density at radius 1 is 1.35 bits per heavy atom. The average molecular weight is 291 g/mol. The van der Waals surface area contributed by atoms with Gasteiger partial charge in [-0.2, -0.15) is 17.0 Å². The Bertz CT molecular complexity index is 468. The summed E-state index contributed by atoms with van der Waals surface area (Å²) >= 11 is 1.86. The molecule has 5 heteroatoms. The molecule has 0 fully saturated rings. The third-order valence-corrected chi connectivity index (χ3v) is 3.75. The molecule has 0 unspecified atom stereocenters. The highest BCUT2D eigenvalue weighted by Crippen LogP contribution is 2.14. The number of hydrogen-bond donors (Lipinski definition) is 1. The zero-order valence-electron chi connectivity index (χ0n) is 12.1. The first-order valence-corrected chi connectivity index (χ1v) is 7.80. The maximum absolute atomic E-state index is 11.8. The van der Waals surface area contributed by atoms with Gasteiger partial charge in [0.2, 0.25) is 5.91 Å². The second kappa shape index (κ2) is 9.40. The number of amides is 1. The maximum atomic E-state index is 11.8. The molecule has 0 aliphatic heterocycles. The van der Waals surface area contributed by atoms with E-state index in [9.17, 15) is 4.79 Å². The third-order valence-electron chi connectivity index (χ3n) is 2.70. The summed E-state index contributed by atoms with van der Waals surface area (Å²) in [6, 6.07) is 9.13. The van der Waals surface area contributed by atoms with Crippen LogP contribution in [-0.4, -0.2) is 43.0 Å². The summed E-state index contributed by atoms with van der Waals surface area (Å²) in [6.45, 7) is 1.06. The van der Waals surface area contributed by atoms with Crippen molar-refractivity contribution in [2.75, 3.05) is 37.5 Å². The van der Waals surface area contributed by atoms with Crippen LogP contribution in [0.15, 0.2) is 24.3 Å². The van der Waals surface area contributed by atoms with Gasteiger partial charge in [0.15, 0.2) is 0 Å². The molecule has 1 aromatic rings. The number of carbonyl (C=O) groups is 1. The quantitative estimate of drug-likeness (QED) is 0.748. The highest BCUT2D eigenvalue weighted by molar-refractivity contribution is 7.99. The number of thioether (sulfide) groups is 1. The third kappa shape index (κ3) is 6.60. The SMILES string of the molecule is CN(C)CCSCCCC(=O)Nc1ccccc1C#N. The van der Waals surface area contributed by atoms with Gasteiger partial charge in [0, 0.05) is 18.7 Å². The first-order chi connectivity index (χ1) is 9.63. The minimum absolute atomic E-state index is 0.0269. The van der Waals surface area contributed by atoms with Crippen LogP contribution in [0.4, 0.5) is 5.69 Å². The lowest BCUT2D eigenvalue weighted by Gasteiger charge is -2.09. The van der Waals surface area contributed by atoms with Crippen LogP contribution < -0.4 is 5.32 Å². The molecule has 1 amide bonds. The number of nitriles is 1. The largest absolute Gasteiger partial charge is 0.325 e. The highest BCUT2D eigenvalue weighted by Gasteiger charge is 2.05. The van der Waals surface area contributed by atoms with E-state index < -0.39 is 0 Å². The normalized spacial score (nSPS) is 10.3. The van der Waals surface area contributed by atoms with Crippen LogP contribution in [0.3, 0.4) is 0 Å². The lowest BCUT2D eigenvalue weighted by Crippen LogP contribution is -2.15. The van der Waals surface area contributed by atoms with Gasteiger partial charge in [0.25, 0.3) is 0 Å². The predicted octanol–water partition coefficient (Wildman–Crippen LogP) is 2.57. The molecule has 0 saturated carbocycles. The number of nitrogens with one attached hydrogen (secondary N) is 1. The van der Waals surface area contributed by atoms with Crippen molar-refractivity contribution in [3.05, 3.63) is 29.8 Å². The molecule has 0 spiro atoms. The molecule has 4 nitrogen and oxygen atoms in total. The zero-order chi connectivity index (χ0) is 14.8. The highest BCUT2D eigenvalue weighted by atomic mass is 32.2. The van der Waals surface area contributed by atoms with Gasteiger partial charge in [-0.05, 0) is 38.4 Å². The van der Waals surface area contributed by atoms with E-state index in [4.69, 9.17) is 5.26 Å². The number of rotatable bonds is 8. The summed E-state index contributed by atoms with van der Waals surface area (Å²) in [5.41, 5.74) is 1.10. The van der Waals surface area contributed by atoms with Crippen LogP contribution >= 0.6 is 11.8 Å². The molecule has 1 rings (SSSR count). The molecule has 0 radical (unpaired) electrons. The molecule has 20 heavy (non-hydrogen) atoms. The average Bonchev–Trinajstić information content (AvgIpc) is 2.43. The lowest BCUT2D eigenvalue weighted by atomic mass is 10.2. The molecule has 0 aliphatic carbocycles. The minimum Gasteiger partial charge on any atom is -0.325 e. The standard InChI is InChI=1S/C15H21N3OS/c1-18(2)9-11-20-10-5-8-15(19)17-14-7-4-3-6-13(14)12-16/h3-4,6-7H,5,8-11H2,1-2H3,(H,17,19). The molecule has 108 valence electrons. The number of hydrogen-bond acceptors (Lipinski definition) is 4. The Morgan fingerprint density at radius 3 is 2.80 bits per heavy atom. The fourth-order valence-corrected chi connectivity index (χ4v) is 2.63. The minimum atomic E-state index is -0.0269. The number of para-hydroxylation sites is 1. The van der Waals surface area contributed by atoms with Crippen LogP contribution in [-0.2, 0) is 4.79 Å². The van der Waals surface area contributed by atoms with Gasteiger partial charge in [-0.25, -0.2) is 0 Å². The van der Waals surface area contributed by atoms with E-state index in [0.29, 0.717) is 17.7 Å². The van der Waals surface area contributed by atoms with E-state index in [1.54, 1.807) is 18.2 Å². The van der Waals surface area contributed by atoms with Crippen molar-refractivity contribution in [1.82, 2.24) is 4.90 Å². The molecule has 0 aromatic heterocycles. The molecule has 0 atom stereocenters. The summed E-state index contributed by atoms with van der Waals surface area (Å²) in [5.74, 6) is 2.05. The molecule has 1 N–H and O–H groups in total. The van der Waals surface area contributed by atoms with Crippen LogP contribution in [0.25, 0.3) is 0 Å². The molecule has 0 bridgehead atoms. The van der Waals surface area contributed by atoms with Crippen molar-refractivity contribution in [2.24, 2.45) is 0 Å². The Morgan fingerprint density at radius 2 is 2.10 bits per heavy atom. The number of anilines is 1. The van der Waals surface area contributed by atoms with Crippen LogP contribution in [0.1, 0.15) is 18.4 Å². The molecule has 1 aromatic carbocycles. The Kier molecular flexibility index (Phi) is 7.78. The smallest absolute Gasteiger partial charge is 0.224 e. The summed E-state index contributed by atoms with van der Waals surface area (Å²) in [6.07, 6.45) is 1.35. The van der Waals surface area contributed by atoms with Gasteiger partial charge in [-0.1, -0.05) is 12.1 Å². The van der Waals surface area contributed by atoms with Crippen molar-refractivity contribution < 1.29 is 4.79 Å². The van der Waals surface area contributed by atoms with Crippen molar-refractivity contribution in [3.63, 3.8) is 0 Å². The maximum Gasteiger partial charge on any atom is 0.224 e. The van der Waals surface area contributed by atoms with Crippen molar-refractivity contribution in [2.45, 2.75) is 12.8 Å². The number of carbonyl (C=O) groups excluding carboxylic acids is 1. The lowest BCUT2D eigenvalue weighted by molar-refractivity contribution is -0.116. The monoisotopic (exact) mass is 291 g/mol. The van der Waals surface area contributed by atoms with Gasteiger partial charge in [0.1, 0.15) is 6.07 Å². The van der Waals surface area contributed by atoms with Crippen LogP contribution in [0, 0.1) is 11.3 Å². The van der Waals surface area contributed by atoms with Gasteiger partial charge in [-0.15, -0.1) is 0 Å². The van der Waals surface area contributed by atoms with E-state index >= 15 is 0 Å². The van der Waals surface area contributed by atoms with Crippen LogP contribution in [0.5, 0.6) is 0 Å². The van der Waals surface area contributed by atoms with Gasteiger partial charge in [0.05, 0.1) is 11.3 Å². The van der Waals surface area contributed by atoms with E-state index in [2.05, 4.69) is 30.4 Å². The number of benzene rings is 1. The van der Waals surface area contributed by atoms with Crippen molar-refractivity contribution in [3.8, 4) is 6.07 Å². The molecular weight excluding hydrogens is 270 g/mol. The first kappa shape index (κ1) is 16.5. The predicted molar refractivity (Wildman–Crippen MR) is 84.9 cm³/mol. The van der Waals surface area contributed by atoms with Gasteiger partial charge in [-0.3, -0.25) is 4.79 Å². The van der Waals surface area contributed by atoms with E-state index in [0.717, 1.165) is 24.5 Å². The van der Waals surface area contributed by atoms with E-state index in [1.807, 2.05) is 17.8 Å². The second-order valence-electron chi connectivity index (χ2n) is 4.72. The Labute approximate surface area is 125 Å². The van der Waals surface area contributed by atoms with Crippen LogP contribution in [0.2, 0.25) is 0 Å². The van der Waals surface area contributed by atoms with Crippen molar-refractivity contribution >= 4 is 23.4 Å². The summed E-state index contributed by atoms with van der Waals surface area (Å²) in [4.78, 5) is 13.9. The summed E-state index contributed by atoms with van der Waals surface area (Å²) < 4.78 is 0. The summed E-state index contributed by atoms with van der Waals surface area (Å²) in [7, 11) is 4.11. The van der Waals surface area contributed by atoms with E-state index in [1.165, 1.54) is 0 Å². The van der Waals surface area contributed by atoms with Gasteiger partial charge < -0.3 is 10.2 Å². The fourth-order valence-electron chi connectivity index (χ4n) is 1.59. The first-order valence-electron chi connectivity index (χ1n) is 6.65. The topological polar surface area (TPSA) is 56.1 Å². The van der Waals surface area contributed by atoms with E-state index in [-0.39, 0.29) is 5.91 Å². The van der Waals surface area contributed by atoms with Crippen molar-refractivity contribution in [1.29, 1.82) is 5.26 Å². The Balaban J connectivity index is 2.22. The molecule has 0 aliphatic rings. The summed E-state index contributed by atoms with van der Waals surface area (Å²) in [5, 5.41) is 11.7. The molecule has 0 heterocycles. The number of nitrogens with zero attached hydrogens (tertiary/aromatic N) is 2.